The predicted octanol–water partition coefficient (Wildman–Crippen LogP) is 5.34. The van der Waals surface area contributed by atoms with Crippen LogP contribution in [-0.4, -0.2) is 35.8 Å². The number of carboxylic acid groups (broad SMARTS) is 1. The molecular weight excluding hydrogens is 453 g/mol. The van der Waals surface area contributed by atoms with Crippen molar-refractivity contribution in [1.29, 1.82) is 0 Å². The van der Waals surface area contributed by atoms with Gasteiger partial charge < -0.3 is 14.7 Å². The first-order valence-corrected chi connectivity index (χ1v) is 11.3. The van der Waals surface area contributed by atoms with Crippen molar-refractivity contribution in [3.8, 4) is 10.6 Å². The number of benzene rings is 2. The van der Waals surface area contributed by atoms with Crippen LogP contribution in [0, 0.1) is 6.92 Å². The first-order valence-electron chi connectivity index (χ1n) is 10.5. The lowest BCUT2D eigenvalue weighted by Gasteiger charge is -2.19. The summed E-state index contributed by atoms with van der Waals surface area (Å²) < 4.78 is 43.6. The summed E-state index contributed by atoms with van der Waals surface area (Å²) in [6, 6.07) is 11.2. The maximum Gasteiger partial charge on any atom is 0.416 e. The van der Waals surface area contributed by atoms with Crippen molar-refractivity contribution in [2.75, 3.05) is 24.6 Å². The standard InChI is InChI=1S/C24H23F3N2O3S/c1-15-21(33-23(28-15)17-3-5-19(6-4-17)24(25,26)27)9-11-29-10-8-18-12-16(2-7-20(18)29)13-32-14-22(30)31/h2-7,12H,8-11,13-14H2,1H3,(H,30,31). The molecule has 1 aromatic heterocycles. The summed E-state index contributed by atoms with van der Waals surface area (Å²) in [6.45, 7) is 3.61. The molecule has 0 saturated heterocycles. The topological polar surface area (TPSA) is 62.7 Å². The number of carbonyl (C=O) groups is 1. The van der Waals surface area contributed by atoms with Crippen LogP contribution in [0.1, 0.15) is 27.3 Å². The molecule has 2 heterocycles. The number of alkyl halides is 3. The molecule has 0 radical (unpaired) electrons. The van der Waals surface area contributed by atoms with Crippen molar-refractivity contribution in [2.24, 2.45) is 0 Å². The molecule has 0 unspecified atom stereocenters. The van der Waals surface area contributed by atoms with Gasteiger partial charge >= 0.3 is 12.1 Å². The Kier molecular flexibility index (Phi) is 6.71. The number of aromatic nitrogens is 1. The Hall–Kier alpha value is -2.91. The highest BCUT2D eigenvalue weighted by atomic mass is 32.1. The van der Waals surface area contributed by atoms with Crippen molar-refractivity contribution < 1.29 is 27.8 Å². The van der Waals surface area contributed by atoms with Gasteiger partial charge in [-0.15, -0.1) is 11.3 Å². The van der Waals surface area contributed by atoms with Crippen molar-refractivity contribution in [3.05, 3.63) is 69.7 Å². The molecule has 3 aromatic rings. The number of hydrogen-bond acceptors (Lipinski definition) is 5. The molecule has 174 valence electrons. The number of halogens is 3. The van der Waals surface area contributed by atoms with Crippen LogP contribution in [0.25, 0.3) is 10.6 Å². The number of carboxylic acids is 1. The zero-order valence-corrected chi connectivity index (χ0v) is 18.8. The van der Waals surface area contributed by atoms with Gasteiger partial charge in [0.05, 0.1) is 17.9 Å². The summed E-state index contributed by atoms with van der Waals surface area (Å²) >= 11 is 1.52. The zero-order valence-electron chi connectivity index (χ0n) is 18.0. The fourth-order valence-corrected chi connectivity index (χ4v) is 4.98. The SMILES string of the molecule is Cc1nc(-c2ccc(C(F)(F)F)cc2)sc1CCN1CCc2cc(COCC(=O)O)ccc21. The zero-order chi connectivity index (χ0) is 23.6. The lowest BCUT2D eigenvalue weighted by molar-refractivity contribution is -0.142. The molecule has 0 saturated carbocycles. The monoisotopic (exact) mass is 476 g/mol. The van der Waals surface area contributed by atoms with E-state index in [0.29, 0.717) is 5.56 Å². The average Bonchev–Trinajstić information content (AvgIpc) is 3.34. The second kappa shape index (κ2) is 9.52. The fourth-order valence-electron chi connectivity index (χ4n) is 3.92. The third kappa shape index (κ3) is 5.54. The van der Waals surface area contributed by atoms with Crippen molar-refractivity contribution in [1.82, 2.24) is 4.98 Å². The third-order valence-electron chi connectivity index (χ3n) is 5.59. The third-order valence-corrected chi connectivity index (χ3v) is 6.86. The van der Waals surface area contributed by atoms with Crippen LogP contribution >= 0.6 is 11.3 Å². The molecule has 1 aliphatic rings. The minimum atomic E-state index is -4.35. The van der Waals surface area contributed by atoms with E-state index in [2.05, 4.69) is 22.0 Å². The van der Waals surface area contributed by atoms with Crippen LogP contribution in [0.2, 0.25) is 0 Å². The Bertz CT molecular complexity index is 1140. The van der Waals surface area contributed by atoms with E-state index in [9.17, 15) is 18.0 Å². The molecule has 2 aromatic carbocycles. The number of thiazole rings is 1. The molecular formula is C24H23F3N2O3S. The number of nitrogens with zero attached hydrogens (tertiary/aromatic N) is 2. The van der Waals surface area contributed by atoms with Crippen LogP contribution in [0.5, 0.6) is 0 Å². The van der Waals surface area contributed by atoms with Gasteiger partial charge in [0.25, 0.3) is 0 Å². The van der Waals surface area contributed by atoms with E-state index in [1.807, 2.05) is 13.0 Å². The van der Waals surface area contributed by atoms with Gasteiger partial charge in [0.2, 0.25) is 0 Å². The van der Waals surface area contributed by atoms with Crippen molar-refractivity contribution in [3.63, 3.8) is 0 Å². The van der Waals surface area contributed by atoms with Gasteiger partial charge in [-0.2, -0.15) is 13.2 Å². The summed E-state index contributed by atoms with van der Waals surface area (Å²) in [4.78, 5) is 18.6. The molecule has 0 amide bonds. The molecule has 5 nitrogen and oxygen atoms in total. The highest BCUT2D eigenvalue weighted by Gasteiger charge is 2.30. The van der Waals surface area contributed by atoms with Gasteiger partial charge in [0.1, 0.15) is 11.6 Å². The summed E-state index contributed by atoms with van der Waals surface area (Å²) in [5.74, 6) is -0.984. The Morgan fingerprint density at radius 3 is 2.67 bits per heavy atom. The largest absolute Gasteiger partial charge is 0.480 e. The smallest absolute Gasteiger partial charge is 0.416 e. The van der Waals surface area contributed by atoms with E-state index >= 15 is 0 Å². The van der Waals surface area contributed by atoms with E-state index in [-0.39, 0.29) is 13.2 Å². The molecule has 4 rings (SSSR count). The van der Waals surface area contributed by atoms with Crippen LogP contribution in [0.15, 0.2) is 42.5 Å². The van der Waals surface area contributed by atoms with Crippen molar-refractivity contribution in [2.45, 2.75) is 32.5 Å². The predicted molar refractivity (Wildman–Crippen MR) is 121 cm³/mol. The number of anilines is 1. The van der Waals surface area contributed by atoms with E-state index in [0.717, 1.165) is 59.2 Å². The molecule has 1 aliphatic heterocycles. The Labute approximate surface area is 193 Å². The molecule has 0 atom stereocenters. The Morgan fingerprint density at radius 1 is 1.21 bits per heavy atom. The highest BCUT2D eigenvalue weighted by molar-refractivity contribution is 7.15. The molecule has 33 heavy (non-hydrogen) atoms. The number of hydrogen-bond donors (Lipinski definition) is 1. The average molecular weight is 477 g/mol. The van der Waals surface area contributed by atoms with E-state index in [1.165, 1.54) is 34.7 Å². The van der Waals surface area contributed by atoms with Crippen LogP contribution in [0.3, 0.4) is 0 Å². The van der Waals surface area contributed by atoms with E-state index < -0.39 is 17.7 Å². The molecule has 0 aliphatic carbocycles. The fraction of sp³-hybridized carbons (Fsp3) is 0.333. The summed E-state index contributed by atoms with van der Waals surface area (Å²) in [5, 5.41) is 9.41. The van der Waals surface area contributed by atoms with Gasteiger partial charge in [0, 0.05) is 35.6 Å². The van der Waals surface area contributed by atoms with Gasteiger partial charge in [-0.3, -0.25) is 0 Å². The highest BCUT2D eigenvalue weighted by Crippen LogP contribution is 2.34. The number of aryl methyl sites for hydroxylation is 1. The van der Waals surface area contributed by atoms with Gasteiger partial charge in [0.15, 0.2) is 0 Å². The molecule has 0 fully saturated rings. The summed E-state index contributed by atoms with van der Waals surface area (Å²) in [5.41, 5.74) is 4.27. The Balaban J connectivity index is 1.39. The number of fused-ring (bicyclic) bond motifs is 1. The van der Waals surface area contributed by atoms with Gasteiger partial charge in [-0.05, 0) is 42.7 Å². The molecule has 1 N–H and O–H groups in total. The minimum Gasteiger partial charge on any atom is -0.480 e. The second-order valence-electron chi connectivity index (χ2n) is 7.94. The van der Waals surface area contributed by atoms with Gasteiger partial charge in [-0.1, -0.05) is 24.3 Å². The molecule has 0 bridgehead atoms. The Morgan fingerprint density at radius 2 is 1.97 bits per heavy atom. The summed E-state index contributed by atoms with van der Waals surface area (Å²) in [7, 11) is 0. The second-order valence-corrected chi connectivity index (χ2v) is 9.02. The maximum atomic E-state index is 12.8. The van der Waals surface area contributed by atoms with Crippen molar-refractivity contribution >= 4 is 23.0 Å². The first-order chi connectivity index (χ1) is 15.7. The molecule has 9 heteroatoms. The number of rotatable bonds is 8. The number of aliphatic carboxylic acids is 1. The van der Waals surface area contributed by atoms with E-state index in [4.69, 9.17) is 9.84 Å². The maximum absolute atomic E-state index is 12.8. The first kappa shape index (κ1) is 23.3. The lowest BCUT2D eigenvalue weighted by Crippen LogP contribution is -2.23. The lowest BCUT2D eigenvalue weighted by atomic mass is 10.1. The van der Waals surface area contributed by atoms with Crippen LogP contribution in [-0.2, 0) is 35.2 Å². The van der Waals surface area contributed by atoms with Crippen LogP contribution < -0.4 is 4.90 Å². The van der Waals surface area contributed by atoms with Crippen LogP contribution in [0.4, 0.5) is 18.9 Å². The molecule has 0 spiro atoms. The minimum absolute atomic E-state index is 0.270. The quantitative estimate of drug-likeness (QED) is 0.475. The summed E-state index contributed by atoms with van der Waals surface area (Å²) in [6.07, 6.45) is -2.63. The number of ether oxygens (including phenoxy) is 1. The van der Waals surface area contributed by atoms with E-state index in [1.54, 1.807) is 0 Å². The van der Waals surface area contributed by atoms with Gasteiger partial charge in [-0.25, -0.2) is 9.78 Å². The normalized spacial score (nSPS) is 13.4.